The largest absolute Gasteiger partial charge is 0.454 e. The van der Waals surface area contributed by atoms with Crippen molar-refractivity contribution >= 4 is 27.6 Å². The lowest BCUT2D eigenvalue weighted by Gasteiger charge is -2.13. The Bertz CT molecular complexity index is 1280. The van der Waals surface area contributed by atoms with E-state index in [1.165, 1.54) is 12.3 Å². The van der Waals surface area contributed by atoms with E-state index in [-0.39, 0.29) is 16.9 Å². The van der Waals surface area contributed by atoms with E-state index in [2.05, 4.69) is 21.5 Å². The maximum absolute atomic E-state index is 14.0. The van der Waals surface area contributed by atoms with Crippen LogP contribution in [0.15, 0.2) is 66.1 Å². The second-order valence-electron chi connectivity index (χ2n) is 6.05. The molecule has 4 rings (SSSR count). The summed E-state index contributed by atoms with van der Waals surface area (Å²) in [4.78, 5) is 22.1. The highest BCUT2D eigenvalue weighted by Gasteiger charge is 2.33. The fraction of sp³-hybridized carbons (Fsp3) is 0.0500. The first-order valence-electron chi connectivity index (χ1n) is 8.26. The molecule has 2 aromatic heterocycles. The number of nitrogens with zero attached hydrogens (tertiary/aromatic N) is 2. The van der Waals surface area contributed by atoms with E-state index in [1.807, 2.05) is 24.3 Å². The zero-order chi connectivity index (χ0) is 19.9. The Labute approximate surface area is 157 Å². The summed E-state index contributed by atoms with van der Waals surface area (Å²) in [6.45, 7) is 3.06. The maximum atomic E-state index is 14.0. The number of rotatable bonds is 4. The molecular formula is C20H14F2N4O2. The normalized spacial score (nSPS) is 11.6. The number of hydrogen-bond donors (Lipinski definition) is 2. The molecule has 140 valence electrons. The van der Waals surface area contributed by atoms with Crippen LogP contribution in [0.3, 0.4) is 0 Å². The van der Waals surface area contributed by atoms with Gasteiger partial charge in [-0.1, -0.05) is 30.8 Å². The van der Waals surface area contributed by atoms with Gasteiger partial charge < -0.3 is 15.5 Å². The molecule has 0 amide bonds. The highest BCUT2D eigenvalue weighted by atomic mass is 19.3. The van der Waals surface area contributed by atoms with Crippen molar-refractivity contribution in [3.05, 3.63) is 77.4 Å². The lowest BCUT2D eigenvalue weighted by Crippen LogP contribution is -2.25. The van der Waals surface area contributed by atoms with Gasteiger partial charge in [0, 0.05) is 28.7 Å². The van der Waals surface area contributed by atoms with E-state index in [1.54, 1.807) is 12.1 Å². The molecule has 28 heavy (non-hydrogen) atoms. The molecular weight excluding hydrogens is 366 g/mol. The highest BCUT2D eigenvalue weighted by molar-refractivity contribution is 5.97. The summed E-state index contributed by atoms with van der Waals surface area (Å²) in [6, 6.07) is 12.2. The molecule has 2 aromatic carbocycles. The van der Waals surface area contributed by atoms with E-state index in [0.29, 0.717) is 17.5 Å². The van der Waals surface area contributed by atoms with E-state index in [9.17, 15) is 13.6 Å². The number of anilines is 1. The van der Waals surface area contributed by atoms with Crippen molar-refractivity contribution in [3.8, 4) is 11.5 Å². The fourth-order valence-corrected chi connectivity index (χ4v) is 2.87. The number of aromatic amines is 1. The van der Waals surface area contributed by atoms with E-state index in [0.717, 1.165) is 10.8 Å². The predicted molar refractivity (Wildman–Crippen MR) is 103 cm³/mol. The van der Waals surface area contributed by atoms with Crippen LogP contribution in [0, 0.1) is 0 Å². The number of benzene rings is 2. The molecule has 6 nitrogen and oxygen atoms in total. The number of ether oxygens (including phenoxy) is 1. The Morgan fingerprint density at radius 1 is 1.11 bits per heavy atom. The minimum absolute atomic E-state index is 0.000434. The monoisotopic (exact) mass is 380 g/mol. The van der Waals surface area contributed by atoms with Crippen LogP contribution in [-0.4, -0.2) is 15.0 Å². The number of fused-ring (bicyclic) bond motifs is 2. The lowest BCUT2D eigenvalue weighted by atomic mass is 10.1. The molecule has 0 bridgehead atoms. The summed E-state index contributed by atoms with van der Waals surface area (Å²) < 4.78 is 34.0. The molecule has 0 aliphatic rings. The first kappa shape index (κ1) is 17.6. The van der Waals surface area contributed by atoms with Gasteiger partial charge in [-0.25, -0.2) is 9.97 Å². The Morgan fingerprint density at radius 3 is 2.61 bits per heavy atom. The number of alkyl halides is 2. The molecule has 0 radical (unpaired) electrons. The zero-order valence-corrected chi connectivity index (χ0v) is 14.4. The zero-order valence-electron chi connectivity index (χ0n) is 14.4. The van der Waals surface area contributed by atoms with Crippen molar-refractivity contribution in [1.29, 1.82) is 0 Å². The van der Waals surface area contributed by atoms with Gasteiger partial charge in [-0.15, -0.1) is 0 Å². The minimum Gasteiger partial charge on any atom is -0.454 e. The number of aromatic nitrogens is 3. The fourth-order valence-electron chi connectivity index (χ4n) is 2.87. The van der Waals surface area contributed by atoms with Crippen molar-refractivity contribution in [2.45, 2.75) is 5.92 Å². The van der Waals surface area contributed by atoms with Crippen LogP contribution < -0.4 is 16.0 Å². The average Bonchev–Trinajstić information content (AvgIpc) is 2.70. The van der Waals surface area contributed by atoms with Crippen LogP contribution in [0.2, 0.25) is 0 Å². The number of pyridine rings is 1. The molecule has 0 unspecified atom stereocenters. The third-order valence-electron chi connectivity index (χ3n) is 4.27. The van der Waals surface area contributed by atoms with Crippen molar-refractivity contribution in [2.24, 2.45) is 0 Å². The highest BCUT2D eigenvalue weighted by Crippen LogP contribution is 2.35. The number of nitrogen functional groups attached to an aromatic ring is 1. The molecule has 0 atom stereocenters. The van der Waals surface area contributed by atoms with E-state index >= 15 is 0 Å². The summed E-state index contributed by atoms with van der Waals surface area (Å²) >= 11 is 0. The Balaban J connectivity index is 1.91. The summed E-state index contributed by atoms with van der Waals surface area (Å²) in [7, 11) is 0. The van der Waals surface area contributed by atoms with Crippen LogP contribution in [0.1, 0.15) is 5.69 Å². The maximum Gasteiger partial charge on any atom is 0.313 e. The molecule has 8 heteroatoms. The van der Waals surface area contributed by atoms with Crippen molar-refractivity contribution in [3.63, 3.8) is 0 Å². The molecule has 3 N–H and O–H groups in total. The molecule has 0 saturated heterocycles. The summed E-state index contributed by atoms with van der Waals surface area (Å²) in [5.74, 6) is -2.97. The van der Waals surface area contributed by atoms with Crippen molar-refractivity contribution < 1.29 is 13.5 Å². The Hall–Kier alpha value is -3.81. The van der Waals surface area contributed by atoms with Gasteiger partial charge in [-0.05, 0) is 18.2 Å². The van der Waals surface area contributed by atoms with Gasteiger partial charge in [-0.3, -0.25) is 4.79 Å². The number of halogens is 2. The standard InChI is InChI=1S/C20H14F2N4O2/c1-2-20(21,22)17-19(27)26-18-16(25-17)15(9-10-24-18)28-14-8-7-13(23)11-5-3-4-6-12(11)14/h2-10H,1,23H2,(H,24,26,27). The first-order chi connectivity index (χ1) is 13.4. The van der Waals surface area contributed by atoms with Crippen LogP contribution >= 0.6 is 0 Å². The molecule has 0 spiro atoms. The second kappa shape index (κ2) is 6.41. The number of nitrogens with one attached hydrogen (secondary N) is 1. The average molecular weight is 380 g/mol. The molecule has 0 aliphatic carbocycles. The first-order valence-corrected chi connectivity index (χ1v) is 8.26. The third kappa shape index (κ3) is 2.84. The SMILES string of the molecule is C=CC(F)(F)c1nc2c(Oc3ccc(N)c4ccccc34)ccnc2[nH]c1=O. The summed E-state index contributed by atoms with van der Waals surface area (Å²) in [6.07, 6.45) is 1.75. The topological polar surface area (TPSA) is 93.9 Å². The molecule has 2 heterocycles. The van der Waals surface area contributed by atoms with Gasteiger partial charge in [0.25, 0.3) is 5.56 Å². The second-order valence-corrected chi connectivity index (χ2v) is 6.05. The van der Waals surface area contributed by atoms with Gasteiger partial charge in [0.2, 0.25) is 0 Å². The van der Waals surface area contributed by atoms with E-state index < -0.39 is 17.2 Å². The number of hydrogen-bond acceptors (Lipinski definition) is 5. The van der Waals surface area contributed by atoms with Gasteiger partial charge >= 0.3 is 5.92 Å². The quantitative estimate of drug-likeness (QED) is 0.410. The summed E-state index contributed by atoms with van der Waals surface area (Å²) in [5, 5.41) is 1.53. The molecule has 0 aliphatic heterocycles. The summed E-state index contributed by atoms with van der Waals surface area (Å²) in [5.41, 5.74) is 4.59. The molecule has 0 fully saturated rings. The Kier molecular flexibility index (Phi) is 4.03. The van der Waals surface area contributed by atoms with Gasteiger partial charge in [0.05, 0.1) is 0 Å². The third-order valence-corrected chi connectivity index (χ3v) is 4.27. The lowest BCUT2D eigenvalue weighted by molar-refractivity contribution is 0.0463. The molecule has 0 saturated carbocycles. The van der Waals surface area contributed by atoms with Crippen LogP contribution in [0.5, 0.6) is 11.5 Å². The van der Waals surface area contributed by atoms with Crippen LogP contribution in [-0.2, 0) is 5.92 Å². The van der Waals surface area contributed by atoms with Crippen molar-refractivity contribution in [2.75, 3.05) is 5.73 Å². The smallest absolute Gasteiger partial charge is 0.313 e. The number of nitrogens with two attached hydrogens (primary N) is 1. The van der Waals surface area contributed by atoms with Crippen LogP contribution in [0.4, 0.5) is 14.5 Å². The van der Waals surface area contributed by atoms with E-state index in [4.69, 9.17) is 10.5 Å². The van der Waals surface area contributed by atoms with Gasteiger partial charge in [-0.2, -0.15) is 8.78 Å². The number of H-pyrrole nitrogens is 1. The van der Waals surface area contributed by atoms with Crippen molar-refractivity contribution in [1.82, 2.24) is 15.0 Å². The Morgan fingerprint density at radius 2 is 1.86 bits per heavy atom. The van der Waals surface area contributed by atoms with Gasteiger partial charge in [0.15, 0.2) is 17.1 Å². The predicted octanol–water partition coefficient (Wildman–Crippen LogP) is 4.12. The minimum atomic E-state index is -3.59. The van der Waals surface area contributed by atoms with Crippen LogP contribution in [0.25, 0.3) is 21.9 Å². The molecule has 4 aromatic rings. The van der Waals surface area contributed by atoms with Gasteiger partial charge in [0.1, 0.15) is 11.3 Å². The number of allylic oxidation sites excluding steroid dienone is 1.